The molecule has 1 aliphatic carbocycles. The minimum absolute atomic E-state index is 0.0660. The van der Waals surface area contributed by atoms with Crippen molar-refractivity contribution in [3.63, 3.8) is 0 Å². The molecule has 128 valence electrons. The summed E-state index contributed by atoms with van der Waals surface area (Å²) < 4.78 is 5.15. The second-order valence-corrected chi connectivity index (χ2v) is 6.83. The Labute approximate surface area is 147 Å². The zero-order chi connectivity index (χ0) is 17.3. The number of carbonyl (C=O) groups excluding carboxylic acids is 1. The van der Waals surface area contributed by atoms with Crippen LogP contribution < -0.4 is 10.1 Å². The zero-order valence-electron chi connectivity index (χ0n) is 14.3. The number of aromatic amines is 1. The average molecular weight is 334 g/mol. The Bertz CT molecular complexity index is 892. The first-order valence-electron chi connectivity index (χ1n) is 8.66. The Morgan fingerprint density at radius 2 is 1.92 bits per heavy atom. The number of amides is 1. The lowest BCUT2D eigenvalue weighted by atomic mass is 9.95. The lowest BCUT2D eigenvalue weighted by Crippen LogP contribution is -2.33. The van der Waals surface area contributed by atoms with Crippen molar-refractivity contribution >= 4 is 16.8 Å². The van der Waals surface area contributed by atoms with Gasteiger partial charge in [-0.3, -0.25) is 4.79 Å². The number of rotatable bonds is 6. The molecule has 0 atom stereocenters. The third-order valence-electron chi connectivity index (χ3n) is 5.16. The SMILES string of the molecule is COc1ccc(CC(=O)NCC2(c3c[nH]c4ccccc34)CC2)cc1. The molecule has 1 saturated carbocycles. The summed E-state index contributed by atoms with van der Waals surface area (Å²) in [6, 6.07) is 16.0. The number of H-pyrrole nitrogens is 1. The van der Waals surface area contributed by atoms with E-state index in [0.717, 1.165) is 29.7 Å². The van der Waals surface area contributed by atoms with Gasteiger partial charge in [0.25, 0.3) is 0 Å². The molecule has 0 unspecified atom stereocenters. The first-order valence-corrected chi connectivity index (χ1v) is 8.66. The number of methoxy groups -OCH3 is 1. The second kappa shape index (κ2) is 6.28. The van der Waals surface area contributed by atoms with Gasteiger partial charge in [0.2, 0.25) is 5.91 Å². The molecule has 1 aromatic heterocycles. The van der Waals surface area contributed by atoms with Gasteiger partial charge in [0, 0.05) is 29.1 Å². The van der Waals surface area contributed by atoms with Gasteiger partial charge >= 0.3 is 0 Å². The van der Waals surface area contributed by atoms with E-state index < -0.39 is 0 Å². The molecule has 0 bridgehead atoms. The van der Waals surface area contributed by atoms with E-state index in [1.165, 1.54) is 10.9 Å². The van der Waals surface area contributed by atoms with Crippen LogP contribution in [0.25, 0.3) is 10.9 Å². The Balaban J connectivity index is 1.41. The van der Waals surface area contributed by atoms with Gasteiger partial charge in [0.15, 0.2) is 0 Å². The van der Waals surface area contributed by atoms with E-state index in [2.05, 4.69) is 34.7 Å². The highest BCUT2D eigenvalue weighted by molar-refractivity contribution is 5.85. The van der Waals surface area contributed by atoms with Crippen molar-refractivity contribution in [1.82, 2.24) is 10.3 Å². The van der Waals surface area contributed by atoms with Crippen LogP contribution in [0.5, 0.6) is 5.75 Å². The van der Waals surface area contributed by atoms with Crippen molar-refractivity contribution in [2.75, 3.05) is 13.7 Å². The van der Waals surface area contributed by atoms with Crippen LogP contribution in [-0.4, -0.2) is 24.5 Å². The molecule has 0 radical (unpaired) electrons. The van der Waals surface area contributed by atoms with Gasteiger partial charge in [-0.25, -0.2) is 0 Å². The highest BCUT2D eigenvalue weighted by atomic mass is 16.5. The van der Waals surface area contributed by atoms with Gasteiger partial charge in [-0.1, -0.05) is 30.3 Å². The number of hydrogen-bond acceptors (Lipinski definition) is 2. The number of para-hydroxylation sites is 1. The van der Waals surface area contributed by atoms with E-state index in [4.69, 9.17) is 4.74 Å². The first kappa shape index (κ1) is 15.8. The average Bonchev–Trinajstić information content (AvgIpc) is 3.31. The van der Waals surface area contributed by atoms with Crippen molar-refractivity contribution in [2.24, 2.45) is 0 Å². The van der Waals surface area contributed by atoms with Crippen LogP contribution in [0.3, 0.4) is 0 Å². The van der Waals surface area contributed by atoms with E-state index in [1.807, 2.05) is 30.3 Å². The number of fused-ring (bicyclic) bond motifs is 1. The summed E-state index contributed by atoms with van der Waals surface area (Å²) in [6.07, 6.45) is 4.75. The minimum Gasteiger partial charge on any atom is -0.497 e. The topological polar surface area (TPSA) is 54.1 Å². The third-order valence-corrected chi connectivity index (χ3v) is 5.16. The van der Waals surface area contributed by atoms with Crippen molar-refractivity contribution in [3.8, 4) is 5.75 Å². The molecule has 1 amide bonds. The fourth-order valence-electron chi connectivity index (χ4n) is 3.46. The fraction of sp³-hybridized carbons (Fsp3) is 0.286. The summed E-state index contributed by atoms with van der Waals surface area (Å²) >= 11 is 0. The number of carbonyl (C=O) groups is 1. The van der Waals surface area contributed by atoms with Crippen LogP contribution in [0.15, 0.2) is 54.7 Å². The highest BCUT2D eigenvalue weighted by Gasteiger charge is 2.45. The molecule has 2 aromatic carbocycles. The van der Waals surface area contributed by atoms with Crippen molar-refractivity contribution in [3.05, 3.63) is 65.9 Å². The van der Waals surface area contributed by atoms with Crippen LogP contribution in [0.1, 0.15) is 24.0 Å². The van der Waals surface area contributed by atoms with Crippen LogP contribution in [0.2, 0.25) is 0 Å². The van der Waals surface area contributed by atoms with Gasteiger partial charge < -0.3 is 15.0 Å². The minimum atomic E-state index is 0.0660. The number of ether oxygens (including phenoxy) is 1. The molecule has 1 aliphatic rings. The largest absolute Gasteiger partial charge is 0.497 e. The first-order chi connectivity index (χ1) is 12.2. The molecule has 2 N–H and O–H groups in total. The van der Waals surface area contributed by atoms with Crippen LogP contribution in [-0.2, 0) is 16.6 Å². The Kier molecular flexibility index (Phi) is 3.96. The molecule has 0 spiro atoms. The van der Waals surface area contributed by atoms with Gasteiger partial charge in [-0.15, -0.1) is 0 Å². The quantitative estimate of drug-likeness (QED) is 0.724. The zero-order valence-corrected chi connectivity index (χ0v) is 14.3. The summed E-state index contributed by atoms with van der Waals surface area (Å²) in [4.78, 5) is 15.7. The molecule has 4 rings (SSSR count). The van der Waals surface area contributed by atoms with E-state index in [0.29, 0.717) is 13.0 Å². The van der Waals surface area contributed by atoms with Crippen LogP contribution >= 0.6 is 0 Å². The standard InChI is InChI=1S/C21H22N2O2/c1-25-16-8-6-15(7-9-16)12-20(24)23-14-21(10-11-21)18-13-22-19-5-3-2-4-17(18)19/h2-9,13,22H,10-12,14H2,1H3,(H,23,24). The molecular weight excluding hydrogens is 312 g/mol. The maximum absolute atomic E-state index is 12.3. The summed E-state index contributed by atoms with van der Waals surface area (Å²) in [5.74, 6) is 0.872. The third kappa shape index (κ3) is 3.12. The Morgan fingerprint density at radius 3 is 2.64 bits per heavy atom. The van der Waals surface area contributed by atoms with Crippen molar-refractivity contribution < 1.29 is 9.53 Å². The fourth-order valence-corrected chi connectivity index (χ4v) is 3.46. The van der Waals surface area contributed by atoms with Crippen LogP contribution in [0.4, 0.5) is 0 Å². The molecule has 1 heterocycles. The Morgan fingerprint density at radius 1 is 1.16 bits per heavy atom. The second-order valence-electron chi connectivity index (χ2n) is 6.83. The summed E-state index contributed by atoms with van der Waals surface area (Å²) in [5, 5.41) is 4.40. The molecule has 0 aliphatic heterocycles. The summed E-state index contributed by atoms with van der Waals surface area (Å²) in [6.45, 7) is 0.698. The molecule has 4 nitrogen and oxygen atoms in total. The number of benzene rings is 2. The van der Waals surface area contributed by atoms with E-state index in [1.54, 1.807) is 7.11 Å². The lowest BCUT2D eigenvalue weighted by molar-refractivity contribution is -0.120. The van der Waals surface area contributed by atoms with E-state index >= 15 is 0 Å². The molecule has 3 aromatic rings. The smallest absolute Gasteiger partial charge is 0.224 e. The molecule has 0 saturated heterocycles. The lowest BCUT2D eigenvalue weighted by Gasteiger charge is -2.16. The van der Waals surface area contributed by atoms with Gasteiger partial charge in [0.1, 0.15) is 5.75 Å². The normalized spacial score (nSPS) is 15.1. The maximum atomic E-state index is 12.3. The van der Waals surface area contributed by atoms with Gasteiger partial charge in [-0.05, 0) is 42.2 Å². The molecule has 25 heavy (non-hydrogen) atoms. The number of aromatic nitrogens is 1. The molecule has 4 heteroatoms. The van der Waals surface area contributed by atoms with Crippen LogP contribution in [0, 0.1) is 0 Å². The maximum Gasteiger partial charge on any atom is 0.224 e. The molecular formula is C21H22N2O2. The van der Waals surface area contributed by atoms with Crippen molar-refractivity contribution in [2.45, 2.75) is 24.7 Å². The predicted molar refractivity (Wildman–Crippen MR) is 98.9 cm³/mol. The van der Waals surface area contributed by atoms with E-state index in [-0.39, 0.29) is 11.3 Å². The number of hydrogen-bond donors (Lipinski definition) is 2. The number of nitrogens with one attached hydrogen (secondary N) is 2. The predicted octanol–water partition coefficient (Wildman–Crippen LogP) is 3.57. The summed E-state index contributed by atoms with van der Waals surface area (Å²) in [5.41, 5.74) is 3.58. The van der Waals surface area contributed by atoms with E-state index in [9.17, 15) is 4.79 Å². The summed E-state index contributed by atoms with van der Waals surface area (Å²) in [7, 11) is 1.64. The Hall–Kier alpha value is -2.75. The van der Waals surface area contributed by atoms with Gasteiger partial charge in [0.05, 0.1) is 13.5 Å². The molecule has 1 fully saturated rings. The highest BCUT2D eigenvalue weighted by Crippen LogP contribution is 2.49. The van der Waals surface area contributed by atoms with Crippen molar-refractivity contribution in [1.29, 1.82) is 0 Å². The van der Waals surface area contributed by atoms with Gasteiger partial charge in [-0.2, -0.15) is 0 Å². The monoisotopic (exact) mass is 334 g/mol.